The van der Waals surface area contributed by atoms with Crippen LogP contribution in [-0.4, -0.2) is 0 Å². The van der Waals surface area contributed by atoms with Crippen LogP contribution in [0.25, 0.3) is 0 Å². The maximum Gasteiger partial charge on any atom is 0.416 e. The quantitative estimate of drug-likeness (QED) is 0.506. The lowest BCUT2D eigenvalue weighted by Gasteiger charge is -2.23. The summed E-state index contributed by atoms with van der Waals surface area (Å²) in [6.45, 7) is 0. The van der Waals surface area contributed by atoms with Gasteiger partial charge in [0, 0.05) is 10.6 Å². The first-order chi connectivity index (χ1) is 12.2. The molecule has 0 aliphatic heterocycles. The van der Waals surface area contributed by atoms with Crippen LogP contribution in [0.2, 0.25) is 10.0 Å². The molecule has 0 amide bonds. The van der Waals surface area contributed by atoms with Gasteiger partial charge >= 0.3 is 6.18 Å². The smallest absolute Gasteiger partial charge is 0.309 e. The Labute approximate surface area is 158 Å². The minimum Gasteiger partial charge on any atom is -0.309 e. The Balaban J connectivity index is 2.34. The summed E-state index contributed by atoms with van der Waals surface area (Å²) in [6, 6.07) is 18.5. The Kier molecular flexibility index (Phi) is 5.21. The molecule has 0 aromatic heterocycles. The molecule has 0 fully saturated rings. The first-order valence-electron chi connectivity index (χ1n) is 7.52. The van der Waals surface area contributed by atoms with Crippen molar-refractivity contribution >= 4 is 46.3 Å². The fourth-order valence-corrected chi connectivity index (χ4v) is 6.64. The van der Waals surface area contributed by atoms with E-state index in [0.717, 1.165) is 12.1 Å². The van der Waals surface area contributed by atoms with Gasteiger partial charge in [-0.25, -0.2) is 0 Å². The fourth-order valence-electron chi connectivity index (χ4n) is 2.71. The molecule has 0 unspecified atom stereocenters. The number of hydrogen-bond acceptors (Lipinski definition) is 1. The van der Waals surface area contributed by atoms with E-state index in [9.17, 15) is 17.7 Å². The van der Waals surface area contributed by atoms with Crippen LogP contribution >= 0.6 is 30.3 Å². The summed E-state index contributed by atoms with van der Waals surface area (Å²) in [5, 5.41) is 0.331. The first kappa shape index (κ1) is 19.0. The van der Waals surface area contributed by atoms with Gasteiger partial charge < -0.3 is 4.57 Å². The lowest BCUT2D eigenvalue weighted by atomic mass is 10.2. The number of hydrogen-bond donors (Lipinski definition) is 0. The maximum absolute atomic E-state index is 14.2. The van der Waals surface area contributed by atoms with Gasteiger partial charge in [-0.2, -0.15) is 13.2 Å². The van der Waals surface area contributed by atoms with E-state index in [1.54, 1.807) is 60.7 Å². The minimum absolute atomic E-state index is 0.00577. The van der Waals surface area contributed by atoms with Crippen LogP contribution < -0.4 is 15.9 Å². The van der Waals surface area contributed by atoms with Crippen molar-refractivity contribution in [3.63, 3.8) is 0 Å². The van der Waals surface area contributed by atoms with Crippen molar-refractivity contribution in [1.82, 2.24) is 0 Å². The molecule has 0 radical (unpaired) electrons. The van der Waals surface area contributed by atoms with Crippen molar-refractivity contribution in [2.45, 2.75) is 6.18 Å². The highest BCUT2D eigenvalue weighted by molar-refractivity contribution is 7.85. The molecular formula is C19H12Cl2F3OP. The van der Waals surface area contributed by atoms with Gasteiger partial charge in [0.25, 0.3) is 0 Å². The summed E-state index contributed by atoms with van der Waals surface area (Å²) < 4.78 is 53.3. The predicted octanol–water partition coefficient (Wildman–Crippen LogP) is 5.65. The molecule has 1 nitrogen and oxygen atoms in total. The van der Waals surface area contributed by atoms with Gasteiger partial charge in [-0.1, -0.05) is 83.9 Å². The fraction of sp³-hybridized carbons (Fsp3) is 0.0526. The number of alkyl halides is 3. The Morgan fingerprint density at radius 2 is 1.12 bits per heavy atom. The van der Waals surface area contributed by atoms with Crippen molar-refractivity contribution in [2.24, 2.45) is 0 Å². The van der Waals surface area contributed by atoms with Gasteiger partial charge in [0.2, 0.25) is 0 Å². The van der Waals surface area contributed by atoms with Gasteiger partial charge in [0.1, 0.15) is 0 Å². The van der Waals surface area contributed by atoms with E-state index in [-0.39, 0.29) is 15.3 Å². The highest BCUT2D eigenvalue weighted by Crippen LogP contribution is 2.47. The Bertz CT molecular complexity index is 907. The van der Waals surface area contributed by atoms with Gasteiger partial charge in [-0.15, -0.1) is 0 Å². The van der Waals surface area contributed by atoms with Crippen molar-refractivity contribution in [1.29, 1.82) is 0 Å². The largest absolute Gasteiger partial charge is 0.416 e. The van der Waals surface area contributed by atoms with Gasteiger partial charge in [-0.3, -0.25) is 0 Å². The molecule has 3 aromatic carbocycles. The number of halogens is 5. The monoisotopic (exact) mass is 414 g/mol. The molecule has 0 aliphatic carbocycles. The zero-order valence-corrected chi connectivity index (χ0v) is 15.6. The minimum atomic E-state index is -4.60. The van der Waals surface area contributed by atoms with Gasteiger partial charge in [0.05, 0.1) is 20.9 Å². The second kappa shape index (κ2) is 7.11. The van der Waals surface area contributed by atoms with E-state index in [1.165, 1.54) is 0 Å². The zero-order chi connectivity index (χ0) is 18.9. The highest BCUT2D eigenvalue weighted by Gasteiger charge is 2.37. The molecule has 3 aromatic rings. The highest BCUT2D eigenvalue weighted by atomic mass is 35.5. The molecule has 0 N–H and O–H groups in total. The third-order valence-electron chi connectivity index (χ3n) is 3.90. The molecular weight excluding hydrogens is 403 g/mol. The summed E-state index contributed by atoms with van der Waals surface area (Å²) in [5.41, 5.74) is -0.982. The van der Waals surface area contributed by atoms with Crippen LogP contribution in [-0.2, 0) is 10.7 Å². The molecule has 0 spiro atoms. The van der Waals surface area contributed by atoms with E-state index >= 15 is 0 Å². The lowest BCUT2D eigenvalue weighted by Crippen LogP contribution is -2.27. The van der Waals surface area contributed by atoms with E-state index < -0.39 is 18.9 Å². The molecule has 7 heteroatoms. The molecule has 26 heavy (non-hydrogen) atoms. The summed E-state index contributed by atoms with van der Waals surface area (Å²) in [5.74, 6) is 0. The Morgan fingerprint density at radius 3 is 1.46 bits per heavy atom. The third kappa shape index (κ3) is 3.42. The maximum atomic E-state index is 14.2. The van der Waals surface area contributed by atoms with Crippen LogP contribution in [0.5, 0.6) is 0 Å². The molecule has 0 saturated carbocycles. The van der Waals surface area contributed by atoms with Crippen molar-refractivity contribution in [3.8, 4) is 0 Å². The van der Waals surface area contributed by atoms with Gasteiger partial charge in [-0.05, 0) is 12.1 Å². The SMILES string of the molecule is O=P(c1ccccc1)(c1ccccc1)c1c(Cl)cc(C(F)(F)F)cc1Cl. The lowest BCUT2D eigenvalue weighted by molar-refractivity contribution is -0.137. The van der Waals surface area contributed by atoms with Crippen LogP contribution in [0.1, 0.15) is 5.56 Å². The van der Waals surface area contributed by atoms with Crippen molar-refractivity contribution in [2.75, 3.05) is 0 Å². The second-order valence-corrected chi connectivity index (χ2v) is 9.08. The van der Waals surface area contributed by atoms with E-state index in [1.807, 2.05) is 0 Å². The third-order valence-corrected chi connectivity index (χ3v) is 7.92. The molecule has 0 aliphatic rings. The van der Waals surface area contributed by atoms with E-state index in [4.69, 9.17) is 23.2 Å². The first-order valence-corrected chi connectivity index (χ1v) is 9.99. The number of benzene rings is 3. The normalized spacial score (nSPS) is 12.2. The average Bonchev–Trinajstić information content (AvgIpc) is 2.61. The van der Waals surface area contributed by atoms with E-state index in [2.05, 4.69) is 0 Å². The Morgan fingerprint density at radius 1 is 0.731 bits per heavy atom. The zero-order valence-electron chi connectivity index (χ0n) is 13.2. The standard InChI is InChI=1S/C19H12Cl2F3OP/c20-16-11-13(19(22,23)24)12-17(21)18(16)26(25,14-7-3-1-4-8-14)15-9-5-2-6-10-15/h1-12H. The molecule has 0 heterocycles. The van der Waals surface area contributed by atoms with Crippen LogP contribution in [0.15, 0.2) is 72.8 Å². The van der Waals surface area contributed by atoms with Crippen LogP contribution in [0, 0.1) is 0 Å². The van der Waals surface area contributed by atoms with Crippen LogP contribution in [0.3, 0.4) is 0 Å². The van der Waals surface area contributed by atoms with Gasteiger partial charge in [0.15, 0.2) is 7.14 Å². The molecule has 0 bridgehead atoms. The second-order valence-electron chi connectivity index (χ2n) is 5.57. The molecule has 3 rings (SSSR count). The summed E-state index contributed by atoms with van der Waals surface area (Å²) >= 11 is 12.3. The average molecular weight is 415 g/mol. The summed E-state index contributed by atoms with van der Waals surface area (Å²) in [7, 11) is -3.56. The van der Waals surface area contributed by atoms with Crippen molar-refractivity contribution in [3.05, 3.63) is 88.4 Å². The van der Waals surface area contributed by atoms with E-state index in [0.29, 0.717) is 10.6 Å². The Hall–Kier alpha value is -1.74. The summed E-state index contributed by atoms with van der Waals surface area (Å²) in [6.07, 6.45) is -4.60. The molecule has 0 saturated heterocycles. The number of rotatable bonds is 3. The predicted molar refractivity (Wildman–Crippen MR) is 101 cm³/mol. The summed E-state index contributed by atoms with van der Waals surface area (Å²) in [4.78, 5) is 0. The molecule has 134 valence electrons. The topological polar surface area (TPSA) is 17.1 Å². The molecule has 0 atom stereocenters. The van der Waals surface area contributed by atoms with Crippen molar-refractivity contribution < 1.29 is 17.7 Å². The van der Waals surface area contributed by atoms with Crippen LogP contribution in [0.4, 0.5) is 13.2 Å².